The highest BCUT2D eigenvalue weighted by molar-refractivity contribution is 5.88. The number of hydrogen-bond acceptors (Lipinski definition) is 3. The summed E-state index contributed by atoms with van der Waals surface area (Å²) in [5.74, 6) is 0. The van der Waals surface area contributed by atoms with Crippen molar-refractivity contribution in [3.63, 3.8) is 0 Å². The quantitative estimate of drug-likeness (QED) is 0.672. The highest BCUT2D eigenvalue weighted by Crippen LogP contribution is 2.20. The van der Waals surface area contributed by atoms with Gasteiger partial charge in [-0.2, -0.15) is 0 Å². The lowest BCUT2D eigenvalue weighted by Crippen LogP contribution is -1.97. The highest BCUT2D eigenvalue weighted by atomic mass is 16.4. The monoisotopic (exact) mass is 175 g/mol. The van der Waals surface area contributed by atoms with E-state index in [1.165, 1.54) is 6.07 Å². The first-order valence-electron chi connectivity index (χ1n) is 4.02. The standard InChI is InChI=1S/C10H9NO2/c1-11-8-4-2-3-7-5-6-9(12)13-10(7)8/h2-6,11H,1H3. The van der Waals surface area contributed by atoms with Gasteiger partial charge < -0.3 is 9.73 Å². The Morgan fingerprint density at radius 2 is 2.08 bits per heavy atom. The lowest BCUT2D eigenvalue weighted by atomic mass is 10.2. The Bertz CT molecular complexity index is 487. The van der Waals surface area contributed by atoms with Crippen molar-refractivity contribution in [3.05, 3.63) is 40.8 Å². The Kier molecular flexibility index (Phi) is 1.77. The first kappa shape index (κ1) is 7.86. The third-order valence-corrected chi connectivity index (χ3v) is 1.92. The van der Waals surface area contributed by atoms with E-state index in [1.54, 1.807) is 13.1 Å². The maximum Gasteiger partial charge on any atom is 0.336 e. The third kappa shape index (κ3) is 1.28. The molecule has 0 aliphatic heterocycles. The molecule has 1 heterocycles. The molecule has 3 nitrogen and oxygen atoms in total. The number of nitrogens with one attached hydrogen (secondary N) is 1. The van der Waals surface area contributed by atoms with Crippen molar-refractivity contribution < 1.29 is 4.42 Å². The molecule has 13 heavy (non-hydrogen) atoms. The zero-order valence-corrected chi connectivity index (χ0v) is 7.20. The molecule has 0 unspecified atom stereocenters. The van der Waals surface area contributed by atoms with Crippen LogP contribution in [0.5, 0.6) is 0 Å². The number of para-hydroxylation sites is 1. The summed E-state index contributed by atoms with van der Waals surface area (Å²) < 4.78 is 5.07. The van der Waals surface area contributed by atoms with Crippen molar-refractivity contribution in [2.75, 3.05) is 12.4 Å². The van der Waals surface area contributed by atoms with Crippen molar-refractivity contribution in [3.8, 4) is 0 Å². The van der Waals surface area contributed by atoms with Gasteiger partial charge in [0.25, 0.3) is 0 Å². The van der Waals surface area contributed by atoms with Crippen molar-refractivity contribution in [1.82, 2.24) is 0 Å². The van der Waals surface area contributed by atoms with E-state index in [0.29, 0.717) is 5.58 Å². The number of benzene rings is 1. The van der Waals surface area contributed by atoms with Crippen LogP contribution in [0.1, 0.15) is 0 Å². The first-order valence-corrected chi connectivity index (χ1v) is 4.02. The molecule has 1 aromatic heterocycles. The molecule has 2 aromatic rings. The van der Waals surface area contributed by atoms with E-state index >= 15 is 0 Å². The van der Waals surface area contributed by atoms with Crippen LogP contribution in [0, 0.1) is 0 Å². The molecule has 2 rings (SSSR count). The zero-order valence-electron chi connectivity index (χ0n) is 7.20. The Hall–Kier alpha value is -1.77. The van der Waals surface area contributed by atoms with E-state index in [9.17, 15) is 4.79 Å². The fourth-order valence-electron chi connectivity index (χ4n) is 1.29. The Labute approximate surface area is 75.0 Å². The largest absolute Gasteiger partial charge is 0.421 e. The molecule has 0 amide bonds. The van der Waals surface area contributed by atoms with Crippen LogP contribution in [-0.4, -0.2) is 7.05 Å². The van der Waals surface area contributed by atoms with Crippen molar-refractivity contribution in [2.24, 2.45) is 0 Å². The molecule has 66 valence electrons. The lowest BCUT2D eigenvalue weighted by Gasteiger charge is -2.02. The molecule has 0 saturated carbocycles. The molecule has 0 atom stereocenters. The Morgan fingerprint density at radius 1 is 1.23 bits per heavy atom. The summed E-state index contributed by atoms with van der Waals surface area (Å²) in [7, 11) is 1.79. The number of fused-ring (bicyclic) bond motifs is 1. The minimum atomic E-state index is -0.324. The van der Waals surface area contributed by atoms with E-state index in [2.05, 4.69) is 5.32 Å². The first-order chi connectivity index (χ1) is 6.31. The summed E-state index contributed by atoms with van der Waals surface area (Å²) in [5, 5.41) is 3.89. The second-order valence-corrected chi connectivity index (χ2v) is 2.73. The van der Waals surface area contributed by atoms with Gasteiger partial charge in [-0.25, -0.2) is 4.79 Å². The van der Waals surface area contributed by atoms with Crippen LogP contribution in [0.25, 0.3) is 11.0 Å². The van der Waals surface area contributed by atoms with Gasteiger partial charge in [-0.15, -0.1) is 0 Å². The SMILES string of the molecule is CNc1cccc2ccc(=O)oc12. The predicted molar refractivity (Wildman–Crippen MR) is 52.0 cm³/mol. The minimum absolute atomic E-state index is 0.324. The fraction of sp³-hybridized carbons (Fsp3) is 0.100. The Balaban J connectivity index is 2.87. The van der Waals surface area contributed by atoms with E-state index in [1.807, 2.05) is 18.2 Å². The molecule has 0 saturated heterocycles. The summed E-state index contributed by atoms with van der Waals surface area (Å²) in [4.78, 5) is 11.0. The van der Waals surface area contributed by atoms with E-state index < -0.39 is 0 Å². The fourth-order valence-corrected chi connectivity index (χ4v) is 1.29. The van der Waals surface area contributed by atoms with Crippen LogP contribution < -0.4 is 10.9 Å². The summed E-state index contributed by atoms with van der Waals surface area (Å²) in [6, 6.07) is 8.85. The molecule has 0 bridgehead atoms. The van der Waals surface area contributed by atoms with E-state index in [4.69, 9.17) is 4.42 Å². The maximum absolute atomic E-state index is 11.0. The van der Waals surface area contributed by atoms with Crippen LogP contribution in [0.2, 0.25) is 0 Å². The van der Waals surface area contributed by atoms with Gasteiger partial charge in [-0.1, -0.05) is 12.1 Å². The summed E-state index contributed by atoms with van der Waals surface area (Å²) in [6.45, 7) is 0. The van der Waals surface area contributed by atoms with Crippen molar-refractivity contribution in [1.29, 1.82) is 0 Å². The van der Waals surface area contributed by atoms with Crippen LogP contribution >= 0.6 is 0 Å². The van der Waals surface area contributed by atoms with Crippen molar-refractivity contribution in [2.45, 2.75) is 0 Å². The zero-order chi connectivity index (χ0) is 9.26. The molecule has 0 aliphatic rings. The van der Waals surface area contributed by atoms with E-state index in [-0.39, 0.29) is 5.63 Å². The van der Waals surface area contributed by atoms with Gasteiger partial charge >= 0.3 is 5.63 Å². The van der Waals surface area contributed by atoms with Gasteiger partial charge in [0, 0.05) is 18.5 Å². The highest BCUT2D eigenvalue weighted by Gasteiger charge is 2.00. The molecular formula is C10H9NO2. The molecule has 0 radical (unpaired) electrons. The van der Waals surface area contributed by atoms with Crippen molar-refractivity contribution >= 4 is 16.7 Å². The number of hydrogen-bond donors (Lipinski definition) is 1. The van der Waals surface area contributed by atoms with Gasteiger partial charge in [-0.05, 0) is 12.1 Å². The molecule has 0 fully saturated rings. The van der Waals surface area contributed by atoms with Crippen LogP contribution in [0.4, 0.5) is 5.69 Å². The summed E-state index contributed by atoms with van der Waals surface area (Å²) in [5.41, 5.74) is 1.11. The normalized spacial score (nSPS) is 10.2. The molecule has 1 aromatic carbocycles. The van der Waals surface area contributed by atoms with Gasteiger partial charge in [0.05, 0.1) is 5.69 Å². The molecule has 1 N–H and O–H groups in total. The van der Waals surface area contributed by atoms with Gasteiger partial charge in [0.2, 0.25) is 0 Å². The molecule has 3 heteroatoms. The van der Waals surface area contributed by atoms with Gasteiger partial charge in [-0.3, -0.25) is 0 Å². The predicted octanol–water partition coefficient (Wildman–Crippen LogP) is 1.83. The summed E-state index contributed by atoms with van der Waals surface area (Å²) in [6.07, 6.45) is 0. The average Bonchev–Trinajstić information content (AvgIpc) is 2.17. The topological polar surface area (TPSA) is 42.2 Å². The minimum Gasteiger partial charge on any atom is -0.421 e. The van der Waals surface area contributed by atoms with Crippen LogP contribution in [0.3, 0.4) is 0 Å². The molecular weight excluding hydrogens is 166 g/mol. The number of anilines is 1. The average molecular weight is 175 g/mol. The second kappa shape index (κ2) is 2.94. The maximum atomic E-state index is 11.0. The summed E-state index contributed by atoms with van der Waals surface area (Å²) >= 11 is 0. The van der Waals surface area contributed by atoms with Crippen LogP contribution in [-0.2, 0) is 0 Å². The van der Waals surface area contributed by atoms with Gasteiger partial charge in [0.1, 0.15) is 0 Å². The van der Waals surface area contributed by atoms with E-state index in [0.717, 1.165) is 11.1 Å². The molecule has 0 aliphatic carbocycles. The van der Waals surface area contributed by atoms with Crippen LogP contribution in [0.15, 0.2) is 39.5 Å². The molecule has 0 spiro atoms. The Morgan fingerprint density at radius 3 is 2.85 bits per heavy atom. The second-order valence-electron chi connectivity index (χ2n) is 2.73. The smallest absolute Gasteiger partial charge is 0.336 e. The number of rotatable bonds is 1. The third-order valence-electron chi connectivity index (χ3n) is 1.92. The van der Waals surface area contributed by atoms with Gasteiger partial charge in [0.15, 0.2) is 5.58 Å². The lowest BCUT2D eigenvalue weighted by molar-refractivity contribution is 0.562.